The van der Waals surface area contributed by atoms with Crippen molar-refractivity contribution in [3.8, 4) is 5.75 Å². The SMILES string of the molecule is COc1ccc2c(c1)C1(CC1)C(=O)N2C(=O)O. The summed E-state index contributed by atoms with van der Waals surface area (Å²) in [4.78, 5) is 24.1. The molecule has 0 saturated heterocycles. The van der Waals surface area contributed by atoms with Gasteiger partial charge in [-0.05, 0) is 36.6 Å². The molecule has 1 fully saturated rings. The summed E-state index contributed by atoms with van der Waals surface area (Å²) in [6.45, 7) is 0. The van der Waals surface area contributed by atoms with E-state index in [-0.39, 0.29) is 5.91 Å². The van der Waals surface area contributed by atoms with Gasteiger partial charge < -0.3 is 9.84 Å². The molecule has 0 atom stereocenters. The van der Waals surface area contributed by atoms with Crippen LogP contribution in [0.2, 0.25) is 0 Å². The normalized spacial score (nSPS) is 19.4. The average Bonchev–Trinajstić information content (AvgIpc) is 3.05. The van der Waals surface area contributed by atoms with E-state index in [9.17, 15) is 9.59 Å². The van der Waals surface area contributed by atoms with E-state index < -0.39 is 11.5 Å². The molecule has 2 amide bonds. The molecule has 0 aromatic heterocycles. The number of rotatable bonds is 1. The largest absolute Gasteiger partial charge is 0.497 e. The van der Waals surface area contributed by atoms with Gasteiger partial charge in [0.15, 0.2) is 0 Å². The fourth-order valence-corrected chi connectivity index (χ4v) is 2.46. The summed E-state index contributed by atoms with van der Waals surface area (Å²) < 4.78 is 5.11. The highest BCUT2D eigenvalue weighted by Gasteiger charge is 2.60. The second-order valence-corrected chi connectivity index (χ2v) is 4.39. The maximum absolute atomic E-state index is 12.1. The first kappa shape index (κ1) is 10.1. The van der Waals surface area contributed by atoms with Crippen LogP contribution in [-0.4, -0.2) is 24.2 Å². The zero-order valence-electron chi connectivity index (χ0n) is 9.27. The van der Waals surface area contributed by atoms with Gasteiger partial charge in [0.2, 0.25) is 5.91 Å². The number of fused-ring (bicyclic) bond motifs is 2. The van der Waals surface area contributed by atoms with Crippen LogP contribution in [0, 0.1) is 0 Å². The number of imide groups is 1. The Kier molecular flexibility index (Phi) is 1.79. The molecule has 88 valence electrons. The Morgan fingerprint density at radius 1 is 1.47 bits per heavy atom. The Morgan fingerprint density at radius 2 is 2.18 bits per heavy atom. The minimum Gasteiger partial charge on any atom is -0.497 e. The smallest absolute Gasteiger partial charge is 0.418 e. The van der Waals surface area contributed by atoms with E-state index in [4.69, 9.17) is 9.84 Å². The number of amides is 2. The quantitative estimate of drug-likeness (QED) is 0.802. The number of carbonyl (C=O) groups is 2. The fraction of sp³-hybridized carbons (Fsp3) is 0.333. The summed E-state index contributed by atoms with van der Waals surface area (Å²) in [5, 5.41) is 9.09. The standard InChI is InChI=1S/C12H11NO4/c1-17-7-2-3-9-8(6-7)12(4-5-12)10(14)13(9)11(15)16/h2-3,6H,4-5H2,1H3,(H,15,16). The number of carboxylic acid groups (broad SMARTS) is 1. The van der Waals surface area contributed by atoms with Gasteiger partial charge in [0, 0.05) is 0 Å². The van der Waals surface area contributed by atoms with Crippen molar-refractivity contribution in [1.82, 2.24) is 0 Å². The van der Waals surface area contributed by atoms with Gasteiger partial charge in [0.05, 0.1) is 18.2 Å². The van der Waals surface area contributed by atoms with Gasteiger partial charge in [0.1, 0.15) is 5.75 Å². The first-order chi connectivity index (χ1) is 8.10. The second-order valence-electron chi connectivity index (χ2n) is 4.39. The van der Waals surface area contributed by atoms with Crippen molar-refractivity contribution in [3.63, 3.8) is 0 Å². The van der Waals surface area contributed by atoms with Crippen molar-refractivity contribution in [2.45, 2.75) is 18.3 Å². The van der Waals surface area contributed by atoms with E-state index >= 15 is 0 Å². The Labute approximate surface area is 97.6 Å². The second kappa shape index (κ2) is 3.00. The van der Waals surface area contributed by atoms with Crippen LogP contribution in [0.1, 0.15) is 18.4 Å². The average molecular weight is 233 g/mol. The first-order valence-electron chi connectivity index (χ1n) is 5.36. The topological polar surface area (TPSA) is 66.8 Å². The number of carbonyl (C=O) groups excluding carboxylic acids is 1. The number of hydrogen-bond acceptors (Lipinski definition) is 3. The van der Waals surface area contributed by atoms with Gasteiger partial charge in [-0.2, -0.15) is 0 Å². The van der Waals surface area contributed by atoms with Crippen molar-refractivity contribution in [2.75, 3.05) is 12.0 Å². The summed E-state index contributed by atoms with van der Waals surface area (Å²) in [5.41, 5.74) is 0.660. The molecule has 1 aromatic rings. The van der Waals surface area contributed by atoms with Crippen LogP contribution < -0.4 is 9.64 Å². The van der Waals surface area contributed by atoms with Crippen LogP contribution in [0.25, 0.3) is 0 Å². The number of benzene rings is 1. The zero-order valence-corrected chi connectivity index (χ0v) is 9.27. The number of hydrogen-bond donors (Lipinski definition) is 1. The summed E-state index contributed by atoms with van der Waals surface area (Å²) in [6, 6.07) is 5.07. The lowest BCUT2D eigenvalue weighted by Crippen LogP contribution is -2.36. The minimum atomic E-state index is -1.22. The Bertz CT molecular complexity index is 533. The summed E-state index contributed by atoms with van der Waals surface area (Å²) in [5.74, 6) is 0.323. The number of methoxy groups -OCH3 is 1. The first-order valence-corrected chi connectivity index (χ1v) is 5.36. The molecule has 1 aliphatic heterocycles. The summed E-state index contributed by atoms with van der Waals surface area (Å²) >= 11 is 0. The van der Waals surface area contributed by atoms with Crippen LogP contribution in [0.4, 0.5) is 10.5 Å². The molecule has 0 bridgehead atoms. The van der Waals surface area contributed by atoms with Crippen molar-refractivity contribution in [2.24, 2.45) is 0 Å². The lowest BCUT2D eigenvalue weighted by atomic mass is 9.98. The van der Waals surface area contributed by atoms with Crippen molar-refractivity contribution < 1.29 is 19.4 Å². The van der Waals surface area contributed by atoms with Crippen LogP contribution in [0.3, 0.4) is 0 Å². The Hall–Kier alpha value is -2.04. The maximum atomic E-state index is 12.1. The molecule has 0 unspecified atom stereocenters. The predicted molar refractivity (Wildman–Crippen MR) is 59.4 cm³/mol. The van der Waals surface area contributed by atoms with E-state index in [1.807, 2.05) is 0 Å². The lowest BCUT2D eigenvalue weighted by Gasteiger charge is -2.10. The van der Waals surface area contributed by atoms with Gasteiger partial charge in [0.25, 0.3) is 0 Å². The molecule has 5 nitrogen and oxygen atoms in total. The highest BCUT2D eigenvalue weighted by atomic mass is 16.5. The van der Waals surface area contributed by atoms with Gasteiger partial charge in [-0.25, -0.2) is 9.69 Å². The van der Waals surface area contributed by atoms with Crippen LogP contribution >= 0.6 is 0 Å². The van der Waals surface area contributed by atoms with Crippen molar-refractivity contribution >= 4 is 17.7 Å². The molecule has 1 spiro atoms. The molecule has 1 aromatic carbocycles. The van der Waals surface area contributed by atoms with Crippen LogP contribution in [0.15, 0.2) is 18.2 Å². The van der Waals surface area contributed by atoms with Gasteiger partial charge >= 0.3 is 6.09 Å². The molecule has 1 heterocycles. The predicted octanol–water partition coefficient (Wildman–Crippen LogP) is 1.75. The third-order valence-electron chi connectivity index (χ3n) is 3.51. The maximum Gasteiger partial charge on any atom is 0.418 e. The molecule has 1 aliphatic carbocycles. The van der Waals surface area contributed by atoms with Crippen molar-refractivity contribution in [3.05, 3.63) is 23.8 Å². The molecule has 1 saturated carbocycles. The monoisotopic (exact) mass is 233 g/mol. The molecule has 3 rings (SSSR count). The molecule has 5 heteroatoms. The van der Waals surface area contributed by atoms with Crippen LogP contribution in [-0.2, 0) is 10.2 Å². The summed E-state index contributed by atoms with van der Waals surface area (Å²) in [7, 11) is 1.55. The molecular weight excluding hydrogens is 222 g/mol. The number of anilines is 1. The third-order valence-corrected chi connectivity index (χ3v) is 3.51. The molecule has 2 aliphatic rings. The van der Waals surface area contributed by atoms with Gasteiger partial charge in [-0.3, -0.25) is 4.79 Å². The zero-order chi connectivity index (χ0) is 12.2. The molecule has 1 N–H and O–H groups in total. The van der Waals surface area contributed by atoms with E-state index in [2.05, 4.69) is 0 Å². The molecular formula is C12H11NO4. The fourth-order valence-electron chi connectivity index (χ4n) is 2.46. The highest BCUT2D eigenvalue weighted by Crippen LogP contribution is 2.57. The highest BCUT2D eigenvalue weighted by molar-refractivity contribution is 6.21. The van der Waals surface area contributed by atoms with E-state index in [0.29, 0.717) is 11.4 Å². The summed E-state index contributed by atoms with van der Waals surface area (Å²) in [6.07, 6.45) is 0.219. The lowest BCUT2D eigenvalue weighted by molar-refractivity contribution is -0.119. The van der Waals surface area contributed by atoms with E-state index in [0.717, 1.165) is 23.3 Å². The minimum absolute atomic E-state index is 0.326. The van der Waals surface area contributed by atoms with Gasteiger partial charge in [-0.1, -0.05) is 0 Å². The van der Waals surface area contributed by atoms with Gasteiger partial charge in [-0.15, -0.1) is 0 Å². The van der Waals surface area contributed by atoms with E-state index in [1.165, 1.54) is 0 Å². The third kappa shape index (κ3) is 1.13. The number of ether oxygens (including phenoxy) is 1. The van der Waals surface area contributed by atoms with Crippen molar-refractivity contribution in [1.29, 1.82) is 0 Å². The molecule has 0 radical (unpaired) electrons. The Morgan fingerprint density at radius 3 is 2.71 bits per heavy atom. The molecule has 17 heavy (non-hydrogen) atoms. The number of nitrogens with zero attached hydrogens (tertiary/aromatic N) is 1. The van der Waals surface area contributed by atoms with Crippen LogP contribution in [0.5, 0.6) is 5.75 Å². The Balaban J connectivity index is 2.19. The van der Waals surface area contributed by atoms with E-state index in [1.54, 1.807) is 25.3 Å².